The standard InChI is InChI=1S/C37H39ClF2N4O4S/c1-6-25-8-7-9-32(33(25)24(2)45)46-18-15-37(39,40)16-19-47-34-26(22-41)20-28(21-31(34)38)36(3,4)27-10-12-30(13-11-27)48-23-29-14-17-42-35(43-29)44-49-5/h7-14,17,20-21H,6,15-16,18-19,23H2,1-5H3,(H,42,43,44). The fourth-order valence-electron chi connectivity index (χ4n) is 5.22. The van der Waals surface area contributed by atoms with Gasteiger partial charge in [0.25, 0.3) is 5.92 Å². The Morgan fingerprint density at radius 3 is 2.39 bits per heavy atom. The number of alkyl halides is 2. The number of aromatic nitrogens is 2. The molecule has 0 aliphatic rings. The Balaban J connectivity index is 1.36. The quantitative estimate of drug-likeness (QED) is 0.0849. The van der Waals surface area contributed by atoms with Crippen molar-refractivity contribution in [3.8, 4) is 23.3 Å². The van der Waals surface area contributed by atoms with Crippen molar-refractivity contribution in [2.75, 3.05) is 24.2 Å². The monoisotopic (exact) mass is 708 g/mol. The summed E-state index contributed by atoms with van der Waals surface area (Å²) in [6.45, 7) is 6.97. The van der Waals surface area contributed by atoms with Crippen LogP contribution in [0.15, 0.2) is 66.9 Å². The third kappa shape index (κ3) is 9.83. The van der Waals surface area contributed by atoms with Crippen LogP contribution in [0.2, 0.25) is 5.02 Å². The number of nitrogens with zero attached hydrogens (tertiary/aromatic N) is 3. The predicted octanol–water partition coefficient (Wildman–Crippen LogP) is 9.23. The van der Waals surface area contributed by atoms with Gasteiger partial charge in [-0.2, -0.15) is 5.26 Å². The minimum atomic E-state index is -3.11. The van der Waals surface area contributed by atoms with Crippen molar-refractivity contribution in [1.82, 2.24) is 9.97 Å². The molecule has 0 amide bonds. The fourth-order valence-corrected chi connectivity index (χ4v) is 5.78. The third-order valence-corrected chi connectivity index (χ3v) is 8.71. The molecule has 0 fully saturated rings. The van der Waals surface area contributed by atoms with Crippen LogP contribution < -0.4 is 18.9 Å². The summed E-state index contributed by atoms with van der Waals surface area (Å²) >= 11 is 7.99. The van der Waals surface area contributed by atoms with E-state index in [2.05, 4.69) is 20.8 Å². The average molecular weight is 709 g/mol. The lowest BCUT2D eigenvalue weighted by Gasteiger charge is -2.27. The lowest BCUT2D eigenvalue weighted by Crippen LogP contribution is -2.23. The molecule has 12 heteroatoms. The summed E-state index contributed by atoms with van der Waals surface area (Å²) in [5, 5.41) is 10.1. The average Bonchev–Trinajstić information content (AvgIpc) is 3.08. The number of carbonyl (C=O) groups excluding carboxylic acids is 1. The van der Waals surface area contributed by atoms with E-state index in [9.17, 15) is 18.8 Å². The zero-order valence-corrected chi connectivity index (χ0v) is 29.7. The summed E-state index contributed by atoms with van der Waals surface area (Å²) in [6.07, 6.45) is 3.00. The highest BCUT2D eigenvalue weighted by Gasteiger charge is 2.30. The third-order valence-electron chi connectivity index (χ3n) is 8.04. The highest BCUT2D eigenvalue weighted by molar-refractivity contribution is 7.99. The summed E-state index contributed by atoms with van der Waals surface area (Å²) in [7, 11) is 0. The molecule has 0 saturated heterocycles. The van der Waals surface area contributed by atoms with Crippen LogP contribution in [0.5, 0.6) is 17.2 Å². The van der Waals surface area contributed by atoms with Crippen LogP contribution in [0.4, 0.5) is 14.7 Å². The second kappa shape index (κ2) is 16.8. The first-order chi connectivity index (χ1) is 23.4. The number of rotatable bonds is 17. The molecule has 258 valence electrons. The molecular formula is C37H39ClF2N4O4S. The number of hydrogen-bond donors (Lipinski definition) is 1. The Bertz CT molecular complexity index is 1800. The number of nitriles is 1. The maximum absolute atomic E-state index is 14.8. The van der Waals surface area contributed by atoms with Crippen molar-refractivity contribution in [1.29, 1.82) is 5.26 Å². The maximum Gasteiger partial charge on any atom is 0.254 e. The van der Waals surface area contributed by atoms with Crippen molar-refractivity contribution in [2.45, 2.75) is 64.9 Å². The van der Waals surface area contributed by atoms with E-state index in [0.717, 1.165) is 22.4 Å². The number of carbonyl (C=O) groups is 1. The molecule has 8 nitrogen and oxygen atoms in total. The molecule has 4 rings (SSSR count). The highest BCUT2D eigenvalue weighted by atomic mass is 35.5. The molecule has 1 heterocycles. The lowest BCUT2D eigenvalue weighted by atomic mass is 9.77. The number of halogens is 3. The summed E-state index contributed by atoms with van der Waals surface area (Å²) in [6, 6.07) is 20.0. The minimum absolute atomic E-state index is 0.0580. The fraction of sp³-hybridized carbons (Fsp3) is 0.351. The molecular weight excluding hydrogens is 670 g/mol. The van der Waals surface area contributed by atoms with E-state index in [1.54, 1.807) is 36.5 Å². The zero-order valence-electron chi connectivity index (χ0n) is 28.1. The number of anilines is 1. The molecule has 4 aromatic rings. The van der Waals surface area contributed by atoms with Crippen LogP contribution in [-0.4, -0.2) is 41.1 Å². The van der Waals surface area contributed by atoms with Gasteiger partial charge in [0.15, 0.2) is 11.5 Å². The molecule has 0 spiro atoms. The number of aryl methyl sites for hydroxylation is 1. The van der Waals surface area contributed by atoms with Gasteiger partial charge in [0.05, 0.1) is 35.1 Å². The van der Waals surface area contributed by atoms with Crippen LogP contribution >= 0.6 is 23.5 Å². The molecule has 1 N–H and O–H groups in total. The summed E-state index contributed by atoms with van der Waals surface area (Å²) in [4.78, 5) is 20.7. The van der Waals surface area contributed by atoms with Crippen molar-refractivity contribution in [3.05, 3.63) is 105 Å². The van der Waals surface area contributed by atoms with Gasteiger partial charge in [-0.15, -0.1) is 0 Å². The van der Waals surface area contributed by atoms with Crippen molar-refractivity contribution in [2.24, 2.45) is 0 Å². The van der Waals surface area contributed by atoms with E-state index < -0.39 is 24.2 Å². The number of nitrogens with one attached hydrogen (secondary N) is 1. The Kier molecular flexibility index (Phi) is 12.8. The van der Waals surface area contributed by atoms with Gasteiger partial charge in [0.2, 0.25) is 5.95 Å². The molecule has 1 aromatic heterocycles. The molecule has 0 aliphatic heterocycles. The molecule has 49 heavy (non-hydrogen) atoms. The molecule has 0 aliphatic carbocycles. The second-order valence-electron chi connectivity index (χ2n) is 11.8. The second-order valence-corrected chi connectivity index (χ2v) is 12.8. The first-order valence-corrected chi connectivity index (χ1v) is 17.3. The first-order valence-electron chi connectivity index (χ1n) is 15.7. The van der Waals surface area contributed by atoms with E-state index in [4.69, 9.17) is 25.8 Å². The largest absolute Gasteiger partial charge is 0.493 e. The number of Topliss-reactive ketones (excluding diaryl/α,β-unsaturated/α-hetero) is 1. The SMILES string of the molecule is CCc1cccc(OCCC(F)(F)CCOc2c(Cl)cc(C(C)(C)c3ccc(OCc4ccnc(NSC)n4)cc3)cc2C#N)c1C(C)=O. The van der Waals surface area contributed by atoms with Crippen LogP contribution in [0.25, 0.3) is 0 Å². The maximum atomic E-state index is 14.8. The van der Waals surface area contributed by atoms with Crippen LogP contribution in [0.3, 0.4) is 0 Å². The van der Waals surface area contributed by atoms with Crippen LogP contribution in [-0.2, 0) is 18.4 Å². The predicted molar refractivity (Wildman–Crippen MR) is 189 cm³/mol. The van der Waals surface area contributed by atoms with Gasteiger partial charge in [0.1, 0.15) is 24.2 Å². The molecule has 0 bridgehead atoms. The van der Waals surface area contributed by atoms with E-state index in [-0.39, 0.29) is 41.9 Å². The van der Waals surface area contributed by atoms with Gasteiger partial charge in [-0.25, -0.2) is 18.7 Å². The number of hydrogen-bond acceptors (Lipinski definition) is 9. The molecule has 0 atom stereocenters. The number of ether oxygens (including phenoxy) is 3. The van der Waals surface area contributed by atoms with Gasteiger partial charge < -0.3 is 14.2 Å². The summed E-state index contributed by atoms with van der Waals surface area (Å²) < 4.78 is 49.8. The van der Waals surface area contributed by atoms with Crippen LogP contribution in [0.1, 0.15) is 78.8 Å². The zero-order chi connectivity index (χ0) is 35.6. The topological polar surface area (TPSA) is 106 Å². The summed E-state index contributed by atoms with van der Waals surface area (Å²) in [5.41, 5.74) is 3.23. The highest BCUT2D eigenvalue weighted by Crippen LogP contribution is 2.39. The molecule has 0 saturated carbocycles. The van der Waals surface area contributed by atoms with Crippen molar-refractivity contribution < 1.29 is 27.8 Å². The van der Waals surface area contributed by atoms with Gasteiger partial charge in [-0.3, -0.25) is 9.52 Å². The van der Waals surface area contributed by atoms with Gasteiger partial charge in [-0.1, -0.05) is 68.6 Å². The van der Waals surface area contributed by atoms with Crippen molar-refractivity contribution in [3.63, 3.8) is 0 Å². The van der Waals surface area contributed by atoms with E-state index >= 15 is 0 Å². The van der Waals surface area contributed by atoms with Gasteiger partial charge >= 0.3 is 0 Å². The molecule has 3 aromatic carbocycles. The Morgan fingerprint density at radius 2 is 1.73 bits per heavy atom. The smallest absolute Gasteiger partial charge is 0.254 e. The summed E-state index contributed by atoms with van der Waals surface area (Å²) in [5.74, 6) is -1.76. The van der Waals surface area contributed by atoms with Gasteiger partial charge in [0, 0.05) is 30.7 Å². The Morgan fingerprint density at radius 1 is 1.02 bits per heavy atom. The number of ketones is 1. The van der Waals surface area contributed by atoms with Gasteiger partial charge in [-0.05, 0) is 66.4 Å². The molecule has 0 unspecified atom stereocenters. The van der Waals surface area contributed by atoms with E-state index in [1.807, 2.05) is 57.4 Å². The Hall–Kier alpha value is -4.40. The lowest BCUT2D eigenvalue weighted by molar-refractivity contribution is -0.0355. The van der Waals surface area contributed by atoms with Crippen molar-refractivity contribution >= 4 is 35.3 Å². The van der Waals surface area contributed by atoms with E-state index in [1.165, 1.54) is 18.9 Å². The normalized spacial score (nSPS) is 11.5. The molecule has 0 radical (unpaired) electrons. The minimum Gasteiger partial charge on any atom is -0.493 e. The number of benzene rings is 3. The Labute approximate surface area is 295 Å². The van der Waals surface area contributed by atoms with Crippen LogP contribution in [0, 0.1) is 11.3 Å². The first kappa shape index (κ1) is 37.4. The van der Waals surface area contributed by atoms with E-state index in [0.29, 0.717) is 29.4 Å².